The van der Waals surface area contributed by atoms with E-state index < -0.39 is 22.0 Å². The molecule has 3 aromatic rings. The second kappa shape index (κ2) is 5.80. The molecule has 0 fully saturated rings. The predicted octanol–water partition coefficient (Wildman–Crippen LogP) is 1.66. The summed E-state index contributed by atoms with van der Waals surface area (Å²) in [5, 5.41) is 20.4. The molecule has 2 N–H and O–H groups in total. The number of para-hydroxylation sites is 1. The Morgan fingerprint density at radius 3 is 2.71 bits per heavy atom. The van der Waals surface area contributed by atoms with E-state index >= 15 is 0 Å². The van der Waals surface area contributed by atoms with Gasteiger partial charge in [0.1, 0.15) is 17.7 Å². The van der Waals surface area contributed by atoms with E-state index in [0.717, 1.165) is 0 Å². The number of nitrogens with zero attached hydrogens (tertiary/aromatic N) is 2. The lowest BCUT2D eigenvalue weighted by atomic mass is 10.1. The first-order valence-electron chi connectivity index (χ1n) is 6.63. The third-order valence-electron chi connectivity index (χ3n) is 3.20. The summed E-state index contributed by atoms with van der Waals surface area (Å²) >= 11 is 0. The van der Waals surface area contributed by atoms with Gasteiger partial charge in [-0.1, -0.05) is 12.1 Å². The molecular weight excluding hydrogens is 318 g/mol. The van der Waals surface area contributed by atoms with Gasteiger partial charge in [-0.2, -0.15) is 4.98 Å². The van der Waals surface area contributed by atoms with Crippen LogP contribution in [0.3, 0.4) is 0 Å². The Morgan fingerprint density at radius 1 is 1.25 bits per heavy atom. The van der Waals surface area contributed by atoms with Crippen LogP contribution < -0.4 is 11.0 Å². The van der Waals surface area contributed by atoms with Gasteiger partial charge in [0.05, 0.1) is 15.9 Å². The molecule has 2 aromatic heterocycles. The van der Waals surface area contributed by atoms with Gasteiger partial charge >= 0.3 is 11.2 Å². The van der Waals surface area contributed by atoms with Crippen LogP contribution in [-0.2, 0) is 0 Å². The third kappa shape index (κ3) is 2.65. The molecule has 0 atom stereocenters. The SMILES string of the molecule is O=c1[nH]c(C=Cc2coc3ccccc3c2=O)nc(O)c1[N+](=O)[O-]. The zero-order chi connectivity index (χ0) is 17.3. The molecule has 0 aliphatic carbocycles. The van der Waals surface area contributed by atoms with E-state index in [0.29, 0.717) is 11.0 Å². The summed E-state index contributed by atoms with van der Waals surface area (Å²) in [6.45, 7) is 0. The van der Waals surface area contributed by atoms with Crippen LogP contribution in [-0.4, -0.2) is 20.0 Å². The molecule has 3 rings (SSSR count). The third-order valence-corrected chi connectivity index (χ3v) is 3.20. The zero-order valence-corrected chi connectivity index (χ0v) is 11.9. The smallest absolute Gasteiger partial charge is 0.395 e. The van der Waals surface area contributed by atoms with Crippen LogP contribution in [0.2, 0.25) is 0 Å². The minimum atomic E-state index is -1.10. The number of H-pyrrole nitrogens is 1. The molecule has 9 nitrogen and oxygen atoms in total. The molecule has 24 heavy (non-hydrogen) atoms. The Hall–Kier alpha value is -3.75. The summed E-state index contributed by atoms with van der Waals surface area (Å²) in [5.74, 6) is -1.15. The quantitative estimate of drug-likeness (QED) is 0.550. The molecule has 0 radical (unpaired) electrons. The van der Waals surface area contributed by atoms with Crippen LogP contribution in [0.5, 0.6) is 5.88 Å². The Balaban J connectivity index is 2.03. The number of nitro groups is 1. The lowest BCUT2D eigenvalue weighted by Crippen LogP contribution is -2.14. The van der Waals surface area contributed by atoms with Gasteiger partial charge in [-0.05, 0) is 24.3 Å². The van der Waals surface area contributed by atoms with Crippen molar-refractivity contribution in [3.8, 4) is 5.88 Å². The van der Waals surface area contributed by atoms with Crippen molar-refractivity contribution in [3.05, 3.63) is 72.6 Å². The van der Waals surface area contributed by atoms with Gasteiger partial charge in [0.2, 0.25) is 0 Å². The molecule has 1 aromatic carbocycles. The van der Waals surface area contributed by atoms with Crippen LogP contribution in [0.4, 0.5) is 5.69 Å². The average Bonchev–Trinajstić information content (AvgIpc) is 2.53. The van der Waals surface area contributed by atoms with Crippen LogP contribution in [0.1, 0.15) is 11.4 Å². The summed E-state index contributed by atoms with van der Waals surface area (Å²) in [4.78, 5) is 39.0. The maximum absolute atomic E-state index is 12.3. The van der Waals surface area contributed by atoms with Crippen LogP contribution in [0.15, 0.2) is 44.5 Å². The number of hydrogen-bond donors (Lipinski definition) is 2. The highest BCUT2D eigenvalue weighted by Gasteiger charge is 2.21. The summed E-state index contributed by atoms with van der Waals surface area (Å²) in [6, 6.07) is 6.68. The van der Waals surface area contributed by atoms with Crippen molar-refractivity contribution in [1.29, 1.82) is 0 Å². The van der Waals surface area contributed by atoms with E-state index in [1.54, 1.807) is 24.3 Å². The maximum atomic E-state index is 12.3. The molecule has 2 heterocycles. The van der Waals surface area contributed by atoms with Crippen LogP contribution in [0.25, 0.3) is 23.1 Å². The van der Waals surface area contributed by atoms with Crippen molar-refractivity contribution in [2.75, 3.05) is 0 Å². The lowest BCUT2D eigenvalue weighted by molar-refractivity contribution is -0.387. The largest absolute Gasteiger partial charge is 0.488 e. The van der Waals surface area contributed by atoms with Crippen molar-refractivity contribution in [1.82, 2.24) is 9.97 Å². The number of fused-ring (bicyclic) bond motifs is 1. The van der Waals surface area contributed by atoms with Crippen LogP contribution in [0, 0.1) is 10.1 Å². The molecule has 9 heteroatoms. The van der Waals surface area contributed by atoms with E-state index in [4.69, 9.17) is 4.42 Å². The number of rotatable bonds is 3. The summed E-state index contributed by atoms with van der Waals surface area (Å²) in [5.41, 5.74) is -1.81. The van der Waals surface area contributed by atoms with Gasteiger partial charge in [0.25, 0.3) is 5.88 Å². The predicted molar refractivity (Wildman–Crippen MR) is 84.6 cm³/mol. The molecular formula is C15H9N3O6. The molecule has 0 bridgehead atoms. The average molecular weight is 327 g/mol. The molecule has 120 valence electrons. The second-order valence-corrected chi connectivity index (χ2v) is 4.73. The number of aromatic hydroxyl groups is 1. The number of hydrogen-bond acceptors (Lipinski definition) is 7. The monoisotopic (exact) mass is 327 g/mol. The van der Waals surface area contributed by atoms with Gasteiger partial charge in [-0.15, -0.1) is 0 Å². The van der Waals surface area contributed by atoms with E-state index in [9.17, 15) is 24.8 Å². The van der Waals surface area contributed by atoms with Crippen LogP contribution >= 0.6 is 0 Å². The summed E-state index contributed by atoms with van der Waals surface area (Å²) < 4.78 is 5.33. The number of nitrogens with one attached hydrogen (secondary N) is 1. The minimum absolute atomic E-state index is 0.143. The topological polar surface area (TPSA) is 139 Å². The Labute approximate surface area is 132 Å². The van der Waals surface area contributed by atoms with Crippen molar-refractivity contribution in [2.45, 2.75) is 0 Å². The van der Waals surface area contributed by atoms with Gasteiger partial charge in [-0.3, -0.25) is 19.7 Å². The fourth-order valence-electron chi connectivity index (χ4n) is 2.09. The Morgan fingerprint density at radius 2 is 2.00 bits per heavy atom. The van der Waals surface area contributed by atoms with Crippen molar-refractivity contribution < 1.29 is 14.4 Å². The normalized spacial score (nSPS) is 11.2. The summed E-state index contributed by atoms with van der Waals surface area (Å²) in [7, 11) is 0. The maximum Gasteiger partial charge on any atom is 0.395 e. The number of aromatic nitrogens is 2. The van der Waals surface area contributed by atoms with E-state index in [1.807, 2.05) is 0 Å². The highest BCUT2D eigenvalue weighted by molar-refractivity contribution is 5.80. The molecule has 0 aliphatic rings. The molecule has 0 amide bonds. The molecule has 0 saturated heterocycles. The van der Waals surface area contributed by atoms with E-state index in [-0.39, 0.29) is 16.8 Å². The first-order valence-corrected chi connectivity index (χ1v) is 6.63. The molecule has 0 aliphatic heterocycles. The fourth-order valence-corrected chi connectivity index (χ4v) is 2.09. The van der Waals surface area contributed by atoms with Crippen molar-refractivity contribution in [2.24, 2.45) is 0 Å². The fraction of sp³-hybridized carbons (Fsp3) is 0. The second-order valence-electron chi connectivity index (χ2n) is 4.73. The zero-order valence-electron chi connectivity index (χ0n) is 11.9. The van der Waals surface area contributed by atoms with Gasteiger partial charge in [-0.25, -0.2) is 0 Å². The minimum Gasteiger partial charge on any atom is -0.488 e. The van der Waals surface area contributed by atoms with Crippen molar-refractivity contribution >= 4 is 28.8 Å². The highest BCUT2D eigenvalue weighted by atomic mass is 16.6. The Kier molecular flexibility index (Phi) is 3.66. The van der Waals surface area contributed by atoms with Gasteiger partial charge < -0.3 is 14.5 Å². The highest BCUT2D eigenvalue weighted by Crippen LogP contribution is 2.17. The van der Waals surface area contributed by atoms with E-state index in [1.165, 1.54) is 18.4 Å². The van der Waals surface area contributed by atoms with Gasteiger partial charge in [0.15, 0.2) is 5.43 Å². The standard InChI is InChI=1S/C15H9N3O6/c19-13-8(7-24-10-4-2-1-3-9(10)13)5-6-11-16-14(20)12(18(22)23)15(21)17-11/h1-7H,(H2,16,17,20,21). The summed E-state index contributed by atoms with van der Waals surface area (Å²) in [6.07, 6.45) is 3.79. The first kappa shape index (κ1) is 15.2. The number of benzene rings is 1. The lowest BCUT2D eigenvalue weighted by Gasteiger charge is -1.98. The molecule has 0 spiro atoms. The Bertz CT molecular complexity index is 1100. The first-order chi connectivity index (χ1) is 11.5. The molecule has 0 unspecified atom stereocenters. The number of aromatic amines is 1. The van der Waals surface area contributed by atoms with E-state index in [2.05, 4.69) is 9.97 Å². The van der Waals surface area contributed by atoms with Crippen molar-refractivity contribution in [3.63, 3.8) is 0 Å². The van der Waals surface area contributed by atoms with Gasteiger partial charge in [0, 0.05) is 0 Å². The molecule has 0 saturated carbocycles.